The SMILES string of the molecule is O=S(=O)(NCCO)c1ncccc1F. The van der Waals surface area contributed by atoms with E-state index in [1.807, 2.05) is 4.72 Å². The van der Waals surface area contributed by atoms with E-state index in [0.29, 0.717) is 0 Å². The molecule has 0 unspecified atom stereocenters. The standard InChI is InChI=1S/C7H9FN2O3S/c8-6-2-1-3-9-7(6)14(12,13)10-4-5-11/h1-3,10-11H,4-5H2. The molecule has 5 nitrogen and oxygen atoms in total. The summed E-state index contributed by atoms with van der Waals surface area (Å²) in [5.74, 6) is -0.919. The molecule has 0 aliphatic heterocycles. The minimum Gasteiger partial charge on any atom is -0.395 e. The second kappa shape index (κ2) is 4.45. The molecule has 0 bridgehead atoms. The zero-order valence-electron chi connectivity index (χ0n) is 7.14. The summed E-state index contributed by atoms with van der Waals surface area (Å²) in [6.07, 6.45) is 1.18. The van der Waals surface area contributed by atoms with Crippen molar-refractivity contribution in [1.82, 2.24) is 9.71 Å². The third kappa shape index (κ3) is 2.47. The smallest absolute Gasteiger partial charge is 0.261 e. The summed E-state index contributed by atoms with van der Waals surface area (Å²) in [6.45, 7) is -0.522. The lowest BCUT2D eigenvalue weighted by atomic mass is 10.5. The van der Waals surface area contributed by atoms with E-state index in [2.05, 4.69) is 4.98 Å². The van der Waals surface area contributed by atoms with E-state index >= 15 is 0 Å². The number of rotatable bonds is 4. The Morgan fingerprint density at radius 1 is 1.57 bits per heavy atom. The lowest BCUT2D eigenvalue weighted by Gasteiger charge is -2.04. The van der Waals surface area contributed by atoms with Gasteiger partial charge in [-0.3, -0.25) is 0 Å². The molecule has 0 aromatic carbocycles. The molecule has 0 radical (unpaired) electrons. The fourth-order valence-corrected chi connectivity index (χ4v) is 1.84. The first-order valence-electron chi connectivity index (χ1n) is 3.79. The fourth-order valence-electron chi connectivity index (χ4n) is 0.817. The van der Waals surface area contributed by atoms with Gasteiger partial charge in [0.05, 0.1) is 6.61 Å². The van der Waals surface area contributed by atoms with Crippen LogP contribution in [0.4, 0.5) is 4.39 Å². The van der Waals surface area contributed by atoms with Crippen molar-refractivity contribution in [2.75, 3.05) is 13.2 Å². The predicted octanol–water partition coefficient (Wildman–Crippen LogP) is -0.509. The number of nitrogens with one attached hydrogen (secondary N) is 1. The molecule has 2 N–H and O–H groups in total. The van der Waals surface area contributed by atoms with Gasteiger partial charge in [-0.1, -0.05) is 0 Å². The van der Waals surface area contributed by atoms with Gasteiger partial charge in [0, 0.05) is 12.7 Å². The van der Waals surface area contributed by atoms with Crippen molar-refractivity contribution in [2.45, 2.75) is 5.03 Å². The van der Waals surface area contributed by atoms with Crippen LogP contribution in [-0.2, 0) is 10.0 Å². The second-order valence-corrected chi connectivity index (χ2v) is 4.09. The largest absolute Gasteiger partial charge is 0.395 e. The first-order valence-corrected chi connectivity index (χ1v) is 5.27. The highest BCUT2D eigenvalue weighted by Crippen LogP contribution is 2.08. The van der Waals surface area contributed by atoms with Crippen LogP contribution in [0.2, 0.25) is 0 Å². The molecule has 0 saturated heterocycles. The van der Waals surface area contributed by atoms with E-state index in [4.69, 9.17) is 5.11 Å². The normalized spacial score (nSPS) is 11.6. The average Bonchev–Trinajstić information content (AvgIpc) is 2.15. The molecule has 0 spiro atoms. The maximum absolute atomic E-state index is 13.0. The Balaban J connectivity index is 2.99. The first kappa shape index (κ1) is 11.0. The molecule has 1 rings (SSSR count). The highest BCUT2D eigenvalue weighted by atomic mass is 32.2. The number of sulfonamides is 1. The predicted molar refractivity (Wildman–Crippen MR) is 46.5 cm³/mol. The highest BCUT2D eigenvalue weighted by molar-refractivity contribution is 7.89. The van der Waals surface area contributed by atoms with Crippen LogP contribution in [0.25, 0.3) is 0 Å². The van der Waals surface area contributed by atoms with Crippen LogP contribution >= 0.6 is 0 Å². The molecule has 0 aliphatic carbocycles. The number of aliphatic hydroxyl groups is 1. The van der Waals surface area contributed by atoms with Crippen molar-refractivity contribution >= 4 is 10.0 Å². The zero-order valence-corrected chi connectivity index (χ0v) is 7.96. The number of pyridine rings is 1. The van der Waals surface area contributed by atoms with E-state index in [0.717, 1.165) is 6.07 Å². The van der Waals surface area contributed by atoms with Gasteiger partial charge in [-0.05, 0) is 12.1 Å². The third-order valence-corrected chi connectivity index (χ3v) is 2.78. The molecule has 7 heteroatoms. The third-order valence-electron chi connectivity index (χ3n) is 1.38. The van der Waals surface area contributed by atoms with Crippen LogP contribution in [0.15, 0.2) is 23.4 Å². The molecule has 1 aromatic rings. The lowest BCUT2D eigenvalue weighted by molar-refractivity contribution is 0.301. The summed E-state index contributed by atoms with van der Waals surface area (Å²) in [6, 6.07) is 2.29. The molecule has 14 heavy (non-hydrogen) atoms. The highest BCUT2D eigenvalue weighted by Gasteiger charge is 2.19. The summed E-state index contributed by atoms with van der Waals surface area (Å²) >= 11 is 0. The van der Waals surface area contributed by atoms with Crippen LogP contribution < -0.4 is 4.72 Å². The Kier molecular flexibility index (Phi) is 3.50. The summed E-state index contributed by atoms with van der Waals surface area (Å²) < 4.78 is 37.5. The number of nitrogens with zero attached hydrogens (tertiary/aromatic N) is 1. The van der Waals surface area contributed by atoms with Gasteiger partial charge >= 0.3 is 0 Å². The van der Waals surface area contributed by atoms with E-state index in [1.165, 1.54) is 12.3 Å². The van der Waals surface area contributed by atoms with Crippen molar-refractivity contribution in [2.24, 2.45) is 0 Å². The second-order valence-electron chi connectivity index (χ2n) is 2.41. The van der Waals surface area contributed by atoms with Gasteiger partial charge in [0.2, 0.25) is 5.03 Å². The fraction of sp³-hybridized carbons (Fsp3) is 0.286. The van der Waals surface area contributed by atoms with Crippen molar-refractivity contribution in [1.29, 1.82) is 0 Å². The molecule has 0 aliphatic rings. The Morgan fingerprint density at radius 2 is 2.29 bits per heavy atom. The van der Waals surface area contributed by atoms with Crippen LogP contribution in [0.1, 0.15) is 0 Å². The number of aliphatic hydroxyl groups excluding tert-OH is 1. The summed E-state index contributed by atoms with van der Waals surface area (Å²) in [5, 5.41) is 7.75. The molecule has 0 fully saturated rings. The van der Waals surface area contributed by atoms with E-state index < -0.39 is 20.9 Å². The van der Waals surface area contributed by atoms with Gasteiger partial charge in [-0.2, -0.15) is 0 Å². The zero-order chi connectivity index (χ0) is 10.6. The van der Waals surface area contributed by atoms with Gasteiger partial charge in [0.1, 0.15) is 0 Å². The van der Waals surface area contributed by atoms with Crippen molar-refractivity contribution < 1.29 is 17.9 Å². The lowest BCUT2D eigenvalue weighted by Crippen LogP contribution is -2.28. The Hall–Kier alpha value is -1.05. The van der Waals surface area contributed by atoms with Crippen molar-refractivity contribution in [3.05, 3.63) is 24.1 Å². The van der Waals surface area contributed by atoms with Crippen LogP contribution in [-0.4, -0.2) is 31.7 Å². The van der Waals surface area contributed by atoms with Crippen molar-refractivity contribution in [3.63, 3.8) is 0 Å². The maximum Gasteiger partial charge on any atom is 0.261 e. The van der Waals surface area contributed by atoms with Crippen molar-refractivity contribution in [3.8, 4) is 0 Å². The molecule has 0 atom stereocenters. The first-order chi connectivity index (χ1) is 6.58. The minimum absolute atomic E-state index is 0.168. The van der Waals surface area contributed by atoms with Gasteiger partial charge in [-0.15, -0.1) is 0 Å². The summed E-state index contributed by atoms with van der Waals surface area (Å²) in [4.78, 5) is 3.40. The molecule has 1 aromatic heterocycles. The minimum atomic E-state index is -3.95. The Labute approximate surface area is 80.7 Å². The van der Waals surface area contributed by atoms with E-state index in [-0.39, 0.29) is 13.2 Å². The topological polar surface area (TPSA) is 79.3 Å². The molecular weight excluding hydrogens is 211 g/mol. The summed E-state index contributed by atoms with van der Waals surface area (Å²) in [7, 11) is -3.95. The molecule has 1 heterocycles. The number of halogens is 1. The van der Waals surface area contributed by atoms with Crippen LogP contribution in [0, 0.1) is 5.82 Å². The molecular formula is C7H9FN2O3S. The molecule has 0 amide bonds. The summed E-state index contributed by atoms with van der Waals surface area (Å²) in [5.41, 5.74) is 0. The number of hydrogen-bond acceptors (Lipinski definition) is 4. The van der Waals surface area contributed by atoms with Gasteiger partial charge < -0.3 is 5.11 Å². The van der Waals surface area contributed by atoms with Crippen LogP contribution in [0.5, 0.6) is 0 Å². The quantitative estimate of drug-likeness (QED) is 0.716. The average molecular weight is 220 g/mol. The molecule has 78 valence electrons. The maximum atomic E-state index is 13.0. The number of hydrogen-bond donors (Lipinski definition) is 2. The van der Waals surface area contributed by atoms with Crippen LogP contribution in [0.3, 0.4) is 0 Å². The van der Waals surface area contributed by atoms with Gasteiger partial charge in [0.15, 0.2) is 5.82 Å². The Bertz CT molecular complexity index is 407. The monoisotopic (exact) mass is 220 g/mol. The number of aromatic nitrogens is 1. The van der Waals surface area contributed by atoms with Gasteiger partial charge in [0.25, 0.3) is 10.0 Å². The Morgan fingerprint density at radius 3 is 2.86 bits per heavy atom. The van der Waals surface area contributed by atoms with Gasteiger partial charge in [-0.25, -0.2) is 22.5 Å². The molecule has 0 saturated carbocycles. The van der Waals surface area contributed by atoms with E-state index in [9.17, 15) is 12.8 Å². The van der Waals surface area contributed by atoms with E-state index in [1.54, 1.807) is 0 Å².